The summed E-state index contributed by atoms with van der Waals surface area (Å²) in [4.78, 5) is 24.0. The minimum atomic E-state index is -0.893. The van der Waals surface area contributed by atoms with Gasteiger partial charge in [-0.2, -0.15) is 0 Å². The minimum absolute atomic E-state index is 0.181. The van der Waals surface area contributed by atoms with E-state index in [-0.39, 0.29) is 6.42 Å². The Labute approximate surface area is 158 Å². The average Bonchev–Trinajstić information content (AvgIpc) is 2.63. The molecule has 2 aromatic carbocycles. The van der Waals surface area contributed by atoms with Crippen molar-refractivity contribution in [1.82, 2.24) is 0 Å². The molecule has 2 aromatic rings. The SMILES string of the molecule is Cc1c(Cl)cccc1NC(=O)[C@@H](C)OC(=O)CCCOc1ccccc1. The van der Waals surface area contributed by atoms with Crippen molar-refractivity contribution in [3.63, 3.8) is 0 Å². The van der Waals surface area contributed by atoms with E-state index in [0.717, 1.165) is 11.3 Å². The van der Waals surface area contributed by atoms with Gasteiger partial charge in [-0.05, 0) is 50.1 Å². The van der Waals surface area contributed by atoms with Gasteiger partial charge in [0.1, 0.15) is 5.75 Å². The highest BCUT2D eigenvalue weighted by Crippen LogP contribution is 2.23. The maximum Gasteiger partial charge on any atom is 0.306 e. The standard InChI is InChI=1S/C20H22ClNO4/c1-14-17(21)10-6-11-18(14)22-20(24)15(2)26-19(23)12-7-13-25-16-8-4-3-5-9-16/h3-6,8-11,15H,7,12-13H2,1-2H3,(H,22,24)/t15-/m1/s1. The fourth-order valence-corrected chi connectivity index (χ4v) is 2.38. The Morgan fingerprint density at radius 2 is 1.85 bits per heavy atom. The number of carbonyl (C=O) groups is 2. The number of halogens is 1. The number of ether oxygens (including phenoxy) is 2. The second-order valence-corrected chi connectivity index (χ2v) is 6.21. The molecule has 0 heterocycles. The molecule has 0 aromatic heterocycles. The highest BCUT2D eigenvalue weighted by molar-refractivity contribution is 6.31. The van der Waals surface area contributed by atoms with Crippen molar-refractivity contribution in [2.24, 2.45) is 0 Å². The number of amides is 1. The van der Waals surface area contributed by atoms with Gasteiger partial charge in [0.25, 0.3) is 5.91 Å². The molecule has 138 valence electrons. The Hall–Kier alpha value is -2.53. The van der Waals surface area contributed by atoms with Gasteiger partial charge >= 0.3 is 5.97 Å². The third-order valence-electron chi connectivity index (χ3n) is 3.74. The molecule has 0 bridgehead atoms. The molecule has 0 saturated heterocycles. The van der Waals surface area contributed by atoms with E-state index in [1.54, 1.807) is 25.1 Å². The van der Waals surface area contributed by atoms with Crippen LogP contribution in [0.3, 0.4) is 0 Å². The van der Waals surface area contributed by atoms with Gasteiger partial charge in [0.15, 0.2) is 6.10 Å². The number of anilines is 1. The summed E-state index contributed by atoms with van der Waals surface area (Å²) in [6, 6.07) is 14.6. The quantitative estimate of drug-likeness (QED) is 0.549. The van der Waals surface area contributed by atoms with Gasteiger partial charge in [0.2, 0.25) is 0 Å². The van der Waals surface area contributed by atoms with E-state index in [1.807, 2.05) is 30.3 Å². The Bertz CT molecular complexity index is 749. The summed E-state index contributed by atoms with van der Waals surface area (Å²) in [6.07, 6.45) is -0.202. The fraction of sp³-hybridized carbons (Fsp3) is 0.300. The van der Waals surface area contributed by atoms with Crippen LogP contribution < -0.4 is 10.1 Å². The largest absolute Gasteiger partial charge is 0.494 e. The van der Waals surface area contributed by atoms with Crippen LogP contribution in [0.1, 0.15) is 25.3 Å². The van der Waals surface area contributed by atoms with Gasteiger partial charge in [0, 0.05) is 17.1 Å². The molecule has 0 radical (unpaired) electrons. The molecule has 2 rings (SSSR count). The second-order valence-electron chi connectivity index (χ2n) is 5.80. The Morgan fingerprint density at radius 3 is 2.58 bits per heavy atom. The first-order chi connectivity index (χ1) is 12.5. The molecule has 0 unspecified atom stereocenters. The fourth-order valence-electron chi connectivity index (χ4n) is 2.21. The van der Waals surface area contributed by atoms with Crippen LogP contribution in [0.25, 0.3) is 0 Å². The summed E-state index contributed by atoms with van der Waals surface area (Å²) in [5.74, 6) is -0.0816. The molecule has 0 aliphatic carbocycles. The van der Waals surface area contributed by atoms with Gasteiger partial charge in [-0.25, -0.2) is 0 Å². The predicted molar refractivity (Wildman–Crippen MR) is 102 cm³/mol. The maximum atomic E-state index is 12.2. The molecule has 0 aliphatic rings. The first-order valence-corrected chi connectivity index (χ1v) is 8.78. The van der Waals surface area contributed by atoms with E-state index in [1.165, 1.54) is 6.92 Å². The lowest BCUT2D eigenvalue weighted by Gasteiger charge is -2.15. The number of para-hydroxylation sites is 1. The number of rotatable bonds is 8. The van der Waals surface area contributed by atoms with Gasteiger partial charge < -0.3 is 14.8 Å². The summed E-state index contributed by atoms with van der Waals surface area (Å²) in [7, 11) is 0. The molecule has 26 heavy (non-hydrogen) atoms. The topological polar surface area (TPSA) is 64.6 Å². The number of esters is 1. The van der Waals surface area contributed by atoms with Crippen LogP contribution in [0, 0.1) is 6.92 Å². The monoisotopic (exact) mass is 375 g/mol. The minimum Gasteiger partial charge on any atom is -0.494 e. The van der Waals surface area contributed by atoms with Crippen LogP contribution in [0.2, 0.25) is 5.02 Å². The molecule has 1 atom stereocenters. The van der Waals surface area contributed by atoms with Crippen molar-refractivity contribution in [1.29, 1.82) is 0 Å². The molecule has 0 saturated carbocycles. The summed E-state index contributed by atoms with van der Waals surface area (Å²) in [5, 5.41) is 3.28. The predicted octanol–water partition coefficient (Wildman–Crippen LogP) is 4.38. The lowest BCUT2D eigenvalue weighted by Crippen LogP contribution is -2.30. The van der Waals surface area contributed by atoms with Crippen LogP contribution in [0.5, 0.6) is 5.75 Å². The van der Waals surface area contributed by atoms with Crippen molar-refractivity contribution in [3.8, 4) is 5.75 Å². The van der Waals surface area contributed by atoms with E-state index in [4.69, 9.17) is 21.1 Å². The maximum absolute atomic E-state index is 12.2. The first kappa shape index (κ1) is 19.8. The molecule has 1 N–H and O–H groups in total. The molecule has 0 aliphatic heterocycles. The number of nitrogens with one attached hydrogen (secondary N) is 1. The number of hydrogen-bond acceptors (Lipinski definition) is 4. The van der Waals surface area contributed by atoms with Crippen molar-refractivity contribution >= 4 is 29.2 Å². The van der Waals surface area contributed by atoms with Crippen LogP contribution in [-0.4, -0.2) is 24.6 Å². The number of carbonyl (C=O) groups excluding carboxylic acids is 2. The zero-order chi connectivity index (χ0) is 18.9. The lowest BCUT2D eigenvalue weighted by molar-refractivity contribution is -0.153. The average molecular weight is 376 g/mol. The Morgan fingerprint density at radius 1 is 1.12 bits per heavy atom. The Balaban J connectivity index is 1.72. The zero-order valence-electron chi connectivity index (χ0n) is 14.8. The smallest absolute Gasteiger partial charge is 0.306 e. The van der Waals surface area contributed by atoms with E-state index in [2.05, 4.69) is 5.32 Å². The molecular formula is C20H22ClNO4. The number of hydrogen-bond donors (Lipinski definition) is 1. The van der Waals surface area contributed by atoms with Gasteiger partial charge in [-0.1, -0.05) is 35.9 Å². The molecular weight excluding hydrogens is 354 g/mol. The molecule has 1 amide bonds. The first-order valence-electron chi connectivity index (χ1n) is 8.40. The molecule has 5 nitrogen and oxygen atoms in total. The number of benzene rings is 2. The van der Waals surface area contributed by atoms with Gasteiger partial charge in [-0.3, -0.25) is 9.59 Å². The summed E-state index contributed by atoms with van der Waals surface area (Å²) >= 11 is 6.03. The van der Waals surface area contributed by atoms with Crippen LogP contribution in [-0.2, 0) is 14.3 Å². The van der Waals surface area contributed by atoms with E-state index in [9.17, 15) is 9.59 Å². The third kappa shape index (κ3) is 6.08. The third-order valence-corrected chi connectivity index (χ3v) is 4.15. The summed E-state index contributed by atoms with van der Waals surface area (Å²) in [5.41, 5.74) is 1.36. The normalized spacial score (nSPS) is 11.5. The summed E-state index contributed by atoms with van der Waals surface area (Å²) < 4.78 is 10.7. The molecule has 6 heteroatoms. The van der Waals surface area contributed by atoms with Crippen molar-refractivity contribution in [2.75, 3.05) is 11.9 Å². The molecule has 0 spiro atoms. The van der Waals surface area contributed by atoms with Gasteiger partial charge in [-0.15, -0.1) is 0 Å². The highest BCUT2D eigenvalue weighted by atomic mass is 35.5. The van der Waals surface area contributed by atoms with Crippen molar-refractivity contribution in [3.05, 3.63) is 59.1 Å². The van der Waals surface area contributed by atoms with E-state index >= 15 is 0 Å². The van der Waals surface area contributed by atoms with E-state index in [0.29, 0.717) is 23.7 Å². The zero-order valence-corrected chi connectivity index (χ0v) is 15.6. The highest BCUT2D eigenvalue weighted by Gasteiger charge is 2.18. The van der Waals surface area contributed by atoms with Gasteiger partial charge in [0.05, 0.1) is 6.61 Å². The summed E-state index contributed by atoms with van der Waals surface area (Å²) in [6.45, 7) is 3.75. The van der Waals surface area contributed by atoms with Crippen LogP contribution in [0.4, 0.5) is 5.69 Å². The van der Waals surface area contributed by atoms with Crippen LogP contribution in [0.15, 0.2) is 48.5 Å². The van der Waals surface area contributed by atoms with Crippen LogP contribution >= 0.6 is 11.6 Å². The molecule has 0 fully saturated rings. The lowest BCUT2D eigenvalue weighted by atomic mass is 10.2. The van der Waals surface area contributed by atoms with Crippen molar-refractivity contribution < 1.29 is 19.1 Å². The second kappa shape index (κ2) is 9.82. The van der Waals surface area contributed by atoms with E-state index < -0.39 is 18.0 Å². The Kier molecular flexibility index (Phi) is 7.48. The van der Waals surface area contributed by atoms with Crippen molar-refractivity contribution in [2.45, 2.75) is 32.8 Å².